The van der Waals surface area contributed by atoms with Gasteiger partial charge in [0.1, 0.15) is 0 Å². The summed E-state index contributed by atoms with van der Waals surface area (Å²) in [7, 11) is 0. The maximum Gasteiger partial charge on any atom is 0.0661 e. The van der Waals surface area contributed by atoms with Crippen LogP contribution in [0.5, 0.6) is 0 Å². The van der Waals surface area contributed by atoms with E-state index in [0.717, 1.165) is 5.56 Å². The Bertz CT molecular complexity index is 361. The van der Waals surface area contributed by atoms with Crippen LogP contribution in [0.4, 0.5) is 0 Å². The van der Waals surface area contributed by atoms with Crippen LogP contribution in [0.15, 0.2) is 42.0 Å². The molecule has 2 N–H and O–H groups in total. The molecule has 0 bridgehead atoms. The van der Waals surface area contributed by atoms with Crippen molar-refractivity contribution in [2.24, 2.45) is 5.73 Å². The molecule has 0 unspecified atom stereocenters. The zero-order valence-electron chi connectivity index (χ0n) is 7.46. The maximum atomic E-state index is 6.03. The molecule has 0 aliphatic carbocycles. The number of halogens is 1. The van der Waals surface area contributed by atoms with Gasteiger partial charge in [-0.05, 0) is 23.1 Å². The van der Waals surface area contributed by atoms with Crippen LogP contribution >= 0.6 is 23.7 Å². The quantitative estimate of drug-likeness (QED) is 0.855. The van der Waals surface area contributed by atoms with E-state index in [2.05, 4.69) is 4.98 Å². The summed E-state index contributed by atoms with van der Waals surface area (Å²) < 4.78 is 0. The molecule has 2 aromatic rings. The van der Waals surface area contributed by atoms with Gasteiger partial charge in [0.05, 0.1) is 6.04 Å². The Morgan fingerprint density at radius 1 is 1.29 bits per heavy atom. The van der Waals surface area contributed by atoms with E-state index in [0.29, 0.717) is 0 Å². The summed E-state index contributed by atoms with van der Waals surface area (Å²) in [6.07, 6.45) is 3.56. The van der Waals surface area contributed by atoms with Crippen molar-refractivity contribution in [3.63, 3.8) is 0 Å². The van der Waals surface area contributed by atoms with E-state index in [1.54, 1.807) is 17.5 Å². The second kappa shape index (κ2) is 5.10. The summed E-state index contributed by atoms with van der Waals surface area (Å²) in [5.74, 6) is 0. The molecule has 0 saturated heterocycles. The average Bonchev–Trinajstić information content (AvgIpc) is 2.71. The Kier molecular flexibility index (Phi) is 4.07. The van der Waals surface area contributed by atoms with Crippen molar-refractivity contribution in [2.75, 3.05) is 0 Å². The van der Waals surface area contributed by atoms with Gasteiger partial charge in [0.2, 0.25) is 0 Å². The van der Waals surface area contributed by atoms with Crippen LogP contribution in [0.1, 0.15) is 16.5 Å². The molecule has 14 heavy (non-hydrogen) atoms. The van der Waals surface area contributed by atoms with Gasteiger partial charge in [0.25, 0.3) is 0 Å². The fourth-order valence-corrected chi connectivity index (χ4v) is 1.95. The molecular formula is C10H11ClN2S. The fourth-order valence-electron chi connectivity index (χ4n) is 1.19. The van der Waals surface area contributed by atoms with Gasteiger partial charge in [-0.1, -0.05) is 12.1 Å². The average molecular weight is 227 g/mol. The highest BCUT2D eigenvalue weighted by molar-refractivity contribution is 7.10. The number of thiophene rings is 1. The lowest BCUT2D eigenvalue weighted by molar-refractivity contribution is 0.884. The topological polar surface area (TPSA) is 38.9 Å². The Morgan fingerprint density at radius 3 is 2.71 bits per heavy atom. The van der Waals surface area contributed by atoms with E-state index < -0.39 is 0 Å². The minimum absolute atomic E-state index is 0. The van der Waals surface area contributed by atoms with Gasteiger partial charge in [0, 0.05) is 17.3 Å². The number of aromatic nitrogens is 1. The number of hydrogen-bond donors (Lipinski definition) is 1. The van der Waals surface area contributed by atoms with Gasteiger partial charge >= 0.3 is 0 Å². The predicted molar refractivity (Wildman–Crippen MR) is 61.8 cm³/mol. The molecule has 2 aromatic heterocycles. The summed E-state index contributed by atoms with van der Waals surface area (Å²) in [5, 5.41) is 2.03. The van der Waals surface area contributed by atoms with Gasteiger partial charge in [-0.15, -0.1) is 23.7 Å². The smallest absolute Gasteiger partial charge is 0.0661 e. The van der Waals surface area contributed by atoms with Crippen LogP contribution in [0, 0.1) is 0 Å². The number of rotatable bonds is 2. The van der Waals surface area contributed by atoms with Crippen LogP contribution in [-0.4, -0.2) is 4.98 Å². The molecule has 0 spiro atoms. The molecule has 4 heteroatoms. The number of nitrogens with zero attached hydrogens (tertiary/aromatic N) is 1. The van der Waals surface area contributed by atoms with Crippen molar-refractivity contribution < 1.29 is 0 Å². The third-order valence-electron chi connectivity index (χ3n) is 1.89. The number of pyridine rings is 1. The molecule has 2 nitrogen and oxygen atoms in total. The van der Waals surface area contributed by atoms with Gasteiger partial charge in [-0.25, -0.2) is 0 Å². The number of nitrogens with two attached hydrogens (primary N) is 1. The van der Waals surface area contributed by atoms with E-state index in [4.69, 9.17) is 5.73 Å². The fraction of sp³-hybridized carbons (Fsp3) is 0.100. The molecule has 0 aliphatic heterocycles. The van der Waals surface area contributed by atoms with Crippen molar-refractivity contribution in [1.29, 1.82) is 0 Å². The second-order valence-corrected chi connectivity index (χ2v) is 3.76. The zero-order valence-corrected chi connectivity index (χ0v) is 9.09. The molecule has 1 atom stereocenters. The van der Waals surface area contributed by atoms with Crippen LogP contribution in [-0.2, 0) is 0 Å². The third-order valence-corrected chi connectivity index (χ3v) is 2.85. The molecule has 74 valence electrons. The first-order valence-corrected chi connectivity index (χ1v) is 4.95. The molecule has 0 aromatic carbocycles. The monoisotopic (exact) mass is 226 g/mol. The second-order valence-electron chi connectivity index (χ2n) is 2.78. The first-order valence-electron chi connectivity index (χ1n) is 4.07. The normalized spacial score (nSPS) is 11.8. The van der Waals surface area contributed by atoms with E-state index in [1.807, 2.05) is 35.8 Å². The molecule has 2 rings (SSSR count). The van der Waals surface area contributed by atoms with Crippen molar-refractivity contribution in [3.05, 3.63) is 52.5 Å². The minimum atomic E-state index is -0.0336. The van der Waals surface area contributed by atoms with Crippen molar-refractivity contribution in [3.8, 4) is 0 Å². The van der Waals surface area contributed by atoms with Crippen LogP contribution in [0.3, 0.4) is 0 Å². The lowest BCUT2D eigenvalue weighted by atomic mass is 10.1. The number of hydrogen-bond acceptors (Lipinski definition) is 3. The third kappa shape index (κ3) is 2.32. The Labute approximate surface area is 93.2 Å². The molecule has 0 saturated carbocycles. The Balaban J connectivity index is 0.000000980. The molecule has 2 heterocycles. The SMILES string of the molecule is Cl.N[C@H](c1cccnc1)c1cccs1. The first kappa shape index (κ1) is 11.2. The van der Waals surface area contributed by atoms with Gasteiger partial charge in [0.15, 0.2) is 0 Å². The van der Waals surface area contributed by atoms with E-state index in [1.165, 1.54) is 4.88 Å². The molecule has 0 fully saturated rings. The van der Waals surface area contributed by atoms with Crippen LogP contribution < -0.4 is 5.73 Å². The van der Waals surface area contributed by atoms with E-state index in [9.17, 15) is 0 Å². The van der Waals surface area contributed by atoms with Gasteiger partial charge < -0.3 is 5.73 Å². The van der Waals surface area contributed by atoms with Crippen molar-refractivity contribution >= 4 is 23.7 Å². The highest BCUT2D eigenvalue weighted by Gasteiger charge is 2.08. The van der Waals surface area contributed by atoms with E-state index >= 15 is 0 Å². The molecule has 0 radical (unpaired) electrons. The summed E-state index contributed by atoms with van der Waals surface area (Å²) in [6, 6.07) is 7.92. The van der Waals surface area contributed by atoms with Crippen LogP contribution in [0.25, 0.3) is 0 Å². The summed E-state index contributed by atoms with van der Waals surface area (Å²) in [5.41, 5.74) is 7.09. The molecule has 0 aliphatic rings. The molecule has 0 amide bonds. The zero-order chi connectivity index (χ0) is 9.10. The lowest BCUT2D eigenvalue weighted by Crippen LogP contribution is -2.09. The summed E-state index contributed by atoms with van der Waals surface area (Å²) >= 11 is 1.67. The minimum Gasteiger partial charge on any atom is -0.320 e. The van der Waals surface area contributed by atoms with Crippen molar-refractivity contribution in [1.82, 2.24) is 4.98 Å². The van der Waals surface area contributed by atoms with Gasteiger partial charge in [-0.3, -0.25) is 4.98 Å². The molecular weight excluding hydrogens is 216 g/mol. The first-order chi connectivity index (χ1) is 6.38. The van der Waals surface area contributed by atoms with Crippen LogP contribution in [0.2, 0.25) is 0 Å². The lowest BCUT2D eigenvalue weighted by Gasteiger charge is -2.08. The summed E-state index contributed by atoms with van der Waals surface area (Å²) in [4.78, 5) is 5.21. The standard InChI is InChI=1S/C10H10N2S.ClH/c11-10(9-4-2-6-13-9)8-3-1-5-12-7-8;/h1-7,10H,11H2;1H/t10-;/m1./s1. The largest absolute Gasteiger partial charge is 0.320 e. The highest BCUT2D eigenvalue weighted by Crippen LogP contribution is 2.22. The Morgan fingerprint density at radius 2 is 2.14 bits per heavy atom. The van der Waals surface area contributed by atoms with Crippen molar-refractivity contribution in [2.45, 2.75) is 6.04 Å². The maximum absolute atomic E-state index is 6.03. The highest BCUT2D eigenvalue weighted by atomic mass is 35.5. The summed E-state index contributed by atoms with van der Waals surface area (Å²) in [6.45, 7) is 0. The van der Waals surface area contributed by atoms with Gasteiger partial charge in [-0.2, -0.15) is 0 Å². The Hall–Kier alpha value is -0.900. The predicted octanol–water partition coefficient (Wildman–Crippen LogP) is 2.61. The van der Waals surface area contributed by atoms with E-state index in [-0.39, 0.29) is 18.4 Å².